The van der Waals surface area contributed by atoms with Crippen molar-refractivity contribution in [3.8, 4) is 0 Å². The molecular formula is C17H14FN3. The minimum absolute atomic E-state index is 0.305. The predicted molar refractivity (Wildman–Crippen MR) is 82.6 cm³/mol. The average Bonchev–Trinajstić information content (AvgIpc) is 2.52. The van der Waals surface area contributed by atoms with Crippen LogP contribution < -0.4 is 5.84 Å². The summed E-state index contributed by atoms with van der Waals surface area (Å²) in [6, 6.07) is 18.1. The number of benzene rings is 2. The molecule has 1 aromatic heterocycles. The van der Waals surface area contributed by atoms with Gasteiger partial charge in [-0.3, -0.25) is 4.98 Å². The van der Waals surface area contributed by atoms with E-state index in [1.165, 1.54) is 12.1 Å². The van der Waals surface area contributed by atoms with Crippen molar-refractivity contribution in [2.45, 2.75) is 6.42 Å². The summed E-state index contributed by atoms with van der Waals surface area (Å²) < 4.78 is 13.3. The lowest BCUT2D eigenvalue weighted by Gasteiger charge is -2.06. The third kappa shape index (κ3) is 2.89. The van der Waals surface area contributed by atoms with Gasteiger partial charge in [-0.2, -0.15) is 5.10 Å². The molecule has 2 aromatic carbocycles. The van der Waals surface area contributed by atoms with E-state index in [-0.39, 0.29) is 5.82 Å². The maximum absolute atomic E-state index is 13.3. The Kier molecular flexibility index (Phi) is 3.60. The fourth-order valence-electron chi connectivity index (χ4n) is 2.27. The Morgan fingerprint density at radius 3 is 2.71 bits per heavy atom. The summed E-state index contributed by atoms with van der Waals surface area (Å²) >= 11 is 0. The van der Waals surface area contributed by atoms with Crippen molar-refractivity contribution in [3.63, 3.8) is 0 Å². The largest absolute Gasteiger partial charge is 0.323 e. The van der Waals surface area contributed by atoms with E-state index in [4.69, 9.17) is 5.84 Å². The van der Waals surface area contributed by atoms with Crippen LogP contribution in [0.3, 0.4) is 0 Å². The maximum atomic E-state index is 13.3. The monoisotopic (exact) mass is 279 g/mol. The zero-order valence-corrected chi connectivity index (χ0v) is 11.3. The van der Waals surface area contributed by atoms with Gasteiger partial charge in [0.15, 0.2) is 0 Å². The van der Waals surface area contributed by atoms with E-state index < -0.39 is 0 Å². The Morgan fingerprint density at radius 2 is 1.90 bits per heavy atom. The Hall–Kier alpha value is -2.75. The van der Waals surface area contributed by atoms with Crippen LogP contribution in [0.4, 0.5) is 4.39 Å². The van der Waals surface area contributed by atoms with Crippen molar-refractivity contribution < 1.29 is 4.39 Å². The van der Waals surface area contributed by atoms with Gasteiger partial charge in [0, 0.05) is 23.1 Å². The summed E-state index contributed by atoms with van der Waals surface area (Å²) in [5.74, 6) is 5.15. The standard InChI is InChI=1S/C17H14FN3/c18-14-6-3-5-13(10-14)17(21-19)11-15-9-8-12-4-1-2-7-16(12)20-15/h1-10H,11,19H2. The van der Waals surface area contributed by atoms with Crippen LogP contribution in [0.25, 0.3) is 10.9 Å². The molecule has 0 unspecified atom stereocenters. The molecule has 1 heterocycles. The van der Waals surface area contributed by atoms with Crippen molar-refractivity contribution >= 4 is 16.6 Å². The van der Waals surface area contributed by atoms with E-state index in [1.807, 2.05) is 36.4 Å². The molecule has 3 nitrogen and oxygen atoms in total. The molecule has 0 fully saturated rings. The van der Waals surface area contributed by atoms with E-state index >= 15 is 0 Å². The topological polar surface area (TPSA) is 51.3 Å². The number of rotatable bonds is 3. The first kappa shape index (κ1) is 13.2. The molecular weight excluding hydrogens is 265 g/mol. The van der Waals surface area contributed by atoms with Gasteiger partial charge in [0.2, 0.25) is 0 Å². The van der Waals surface area contributed by atoms with E-state index in [9.17, 15) is 4.39 Å². The lowest BCUT2D eigenvalue weighted by molar-refractivity contribution is 0.627. The molecule has 3 rings (SSSR count). The van der Waals surface area contributed by atoms with Gasteiger partial charge in [-0.1, -0.05) is 36.4 Å². The van der Waals surface area contributed by atoms with Crippen molar-refractivity contribution in [2.75, 3.05) is 0 Å². The molecule has 0 radical (unpaired) electrons. The van der Waals surface area contributed by atoms with Gasteiger partial charge in [-0.05, 0) is 24.3 Å². The molecule has 4 heteroatoms. The highest BCUT2D eigenvalue weighted by Crippen LogP contribution is 2.14. The number of aromatic nitrogens is 1. The number of hydrogen-bond acceptors (Lipinski definition) is 3. The van der Waals surface area contributed by atoms with Crippen LogP contribution >= 0.6 is 0 Å². The third-order valence-corrected chi connectivity index (χ3v) is 3.32. The van der Waals surface area contributed by atoms with Crippen molar-refractivity contribution in [1.29, 1.82) is 0 Å². The molecule has 21 heavy (non-hydrogen) atoms. The first-order valence-corrected chi connectivity index (χ1v) is 6.63. The fourth-order valence-corrected chi connectivity index (χ4v) is 2.27. The lowest BCUT2D eigenvalue weighted by Crippen LogP contribution is -2.09. The third-order valence-electron chi connectivity index (χ3n) is 3.32. The first-order valence-electron chi connectivity index (χ1n) is 6.63. The van der Waals surface area contributed by atoms with Crippen LogP contribution in [-0.4, -0.2) is 10.7 Å². The number of hydrogen-bond donors (Lipinski definition) is 1. The zero-order valence-electron chi connectivity index (χ0n) is 11.3. The molecule has 0 amide bonds. The molecule has 104 valence electrons. The van der Waals surface area contributed by atoms with Gasteiger partial charge >= 0.3 is 0 Å². The van der Waals surface area contributed by atoms with Gasteiger partial charge in [0.05, 0.1) is 11.2 Å². The molecule has 2 N–H and O–H groups in total. The Morgan fingerprint density at radius 1 is 1.05 bits per heavy atom. The molecule has 3 aromatic rings. The molecule has 0 aliphatic carbocycles. The van der Waals surface area contributed by atoms with Crippen LogP contribution in [0.15, 0.2) is 65.8 Å². The van der Waals surface area contributed by atoms with Crippen LogP contribution in [-0.2, 0) is 6.42 Å². The second-order valence-corrected chi connectivity index (χ2v) is 4.76. The quantitative estimate of drug-likeness (QED) is 0.454. The van der Waals surface area contributed by atoms with Gasteiger partial charge in [0.25, 0.3) is 0 Å². The summed E-state index contributed by atoms with van der Waals surface area (Å²) in [6.07, 6.45) is 0.463. The van der Waals surface area contributed by atoms with Crippen LogP contribution in [0.5, 0.6) is 0 Å². The highest BCUT2D eigenvalue weighted by Gasteiger charge is 2.08. The fraction of sp³-hybridized carbons (Fsp3) is 0.0588. The molecule has 0 aliphatic heterocycles. The molecule has 0 saturated heterocycles. The number of fused-ring (bicyclic) bond motifs is 1. The van der Waals surface area contributed by atoms with Crippen molar-refractivity contribution in [2.24, 2.45) is 10.9 Å². The van der Waals surface area contributed by atoms with E-state index in [0.29, 0.717) is 17.7 Å². The molecule has 0 atom stereocenters. The summed E-state index contributed by atoms with van der Waals surface area (Å²) in [5.41, 5.74) is 3.05. The number of hydrazone groups is 1. The van der Waals surface area contributed by atoms with Gasteiger partial charge < -0.3 is 5.84 Å². The summed E-state index contributed by atoms with van der Waals surface area (Å²) in [4.78, 5) is 4.58. The number of para-hydroxylation sites is 1. The average molecular weight is 279 g/mol. The lowest BCUT2D eigenvalue weighted by atomic mass is 10.0. The number of pyridine rings is 1. The number of nitrogens with zero attached hydrogens (tertiary/aromatic N) is 2. The second kappa shape index (κ2) is 5.71. The van der Waals surface area contributed by atoms with Crippen molar-refractivity contribution in [1.82, 2.24) is 4.98 Å². The maximum Gasteiger partial charge on any atom is 0.123 e. The highest BCUT2D eigenvalue weighted by atomic mass is 19.1. The van der Waals surface area contributed by atoms with Gasteiger partial charge in [-0.25, -0.2) is 4.39 Å². The van der Waals surface area contributed by atoms with E-state index in [2.05, 4.69) is 10.1 Å². The molecule has 0 bridgehead atoms. The second-order valence-electron chi connectivity index (χ2n) is 4.76. The van der Waals surface area contributed by atoms with Crippen molar-refractivity contribution in [3.05, 3.63) is 77.7 Å². The highest BCUT2D eigenvalue weighted by molar-refractivity contribution is 6.01. The normalized spacial score (nSPS) is 11.8. The van der Waals surface area contributed by atoms with Crippen LogP contribution in [0, 0.1) is 5.82 Å². The zero-order chi connectivity index (χ0) is 14.7. The Bertz CT molecular complexity index is 812. The summed E-state index contributed by atoms with van der Waals surface area (Å²) in [6.45, 7) is 0. The molecule has 0 spiro atoms. The Labute approximate surface area is 121 Å². The van der Waals surface area contributed by atoms with Crippen LogP contribution in [0.1, 0.15) is 11.3 Å². The van der Waals surface area contributed by atoms with E-state index in [0.717, 1.165) is 16.6 Å². The van der Waals surface area contributed by atoms with E-state index in [1.54, 1.807) is 12.1 Å². The summed E-state index contributed by atoms with van der Waals surface area (Å²) in [5, 5.41) is 4.87. The number of nitrogens with two attached hydrogens (primary N) is 1. The predicted octanol–water partition coefficient (Wildman–Crippen LogP) is 3.28. The summed E-state index contributed by atoms with van der Waals surface area (Å²) in [7, 11) is 0. The number of halogens is 1. The molecule has 0 aliphatic rings. The smallest absolute Gasteiger partial charge is 0.123 e. The van der Waals surface area contributed by atoms with Crippen LogP contribution in [0.2, 0.25) is 0 Å². The van der Waals surface area contributed by atoms with Gasteiger partial charge in [0.1, 0.15) is 5.82 Å². The molecule has 0 saturated carbocycles. The minimum atomic E-state index is -0.305. The first-order chi connectivity index (χ1) is 10.3. The minimum Gasteiger partial charge on any atom is -0.323 e. The Balaban J connectivity index is 1.92. The van der Waals surface area contributed by atoms with Gasteiger partial charge in [-0.15, -0.1) is 0 Å². The SMILES string of the molecule is NN=C(Cc1ccc2ccccc2n1)c1cccc(F)c1.